The molecule has 2 aliphatic rings. The molecule has 3 aromatic heterocycles. The predicted octanol–water partition coefficient (Wildman–Crippen LogP) is 6.28. The van der Waals surface area contributed by atoms with Gasteiger partial charge in [0.2, 0.25) is 0 Å². The smallest absolute Gasteiger partial charge is 0.504 e. The van der Waals surface area contributed by atoms with E-state index in [0.29, 0.717) is 56.7 Å². The van der Waals surface area contributed by atoms with E-state index in [-0.39, 0.29) is 33.9 Å². The van der Waals surface area contributed by atoms with Gasteiger partial charge in [0.05, 0.1) is 5.39 Å². The number of phenols is 2. The first-order valence-electron chi connectivity index (χ1n) is 13.3. The van der Waals surface area contributed by atoms with Crippen molar-refractivity contribution in [3.63, 3.8) is 0 Å². The number of phenolic OH excluding ortho intramolecular Hbond substituents is 2. The molecular weight excluding hydrogens is 725 g/mol. The van der Waals surface area contributed by atoms with Crippen LogP contribution in [0.4, 0.5) is 0 Å². The molecule has 0 saturated heterocycles. The summed E-state index contributed by atoms with van der Waals surface area (Å²) in [5.74, 6) is 1.30. The van der Waals surface area contributed by atoms with Gasteiger partial charge in [-0.25, -0.2) is 29.9 Å². The Kier molecular flexibility index (Phi) is 5.47. The van der Waals surface area contributed by atoms with Crippen LogP contribution in [0.5, 0.6) is 11.5 Å². The molecule has 0 saturated carbocycles. The van der Waals surface area contributed by atoms with Crippen molar-refractivity contribution in [3.05, 3.63) is 84.9 Å². The average Bonchev–Trinajstić information content (AvgIpc) is 3.74. The van der Waals surface area contributed by atoms with Crippen molar-refractivity contribution >= 4 is 44.1 Å². The van der Waals surface area contributed by atoms with Gasteiger partial charge in [-0.1, -0.05) is 72.8 Å². The fourth-order valence-corrected chi connectivity index (χ4v) is 5.70. The van der Waals surface area contributed by atoms with E-state index in [0.717, 1.165) is 33.0 Å². The molecule has 0 radical (unpaired) electrons. The minimum absolute atomic E-state index is 0. The van der Waals surface area contributed by atoms with Crippen LogP contribution in [-0.4, -0.2) is 50.1 Å². The monoisotopic (exact) mass is 743 g/mol. The topological polar surface area (TPSA) is 149 Å². The number of aromatic amines is 2. The number of hydrogen-bond acceptors (Lipinski definition) is 8. The summed E-state index contributed by atoms with van der Waals surface area (Å²) in [7, 11) is 0. The fourth-order valence-electron chi connectivity index (χ4n) is 5.70. The molecule has 0 unspecified atom stereocenters. The molecule has 0 amide bonds. The molecule has 0 atom stereocenters. The number of benzene rings is 4. The van der Waals surface area contributed by atoms with Gasteiger partial charge in [0, 0.05) is 38.4 Å². The Hall–Kier alpha value is -5.42. The van der Waals surface area contributed by atoms with Gasteiger partial charge in [-0.15, -0.1) is 0 Å². The summed E-state index contributed by atoms with van der Waals surface area (Å²) in [5, 5.41) is 24.0. The van der Waals surface area contributed by atoms with Crippen molar-refractivity contribution in [2.45, 2.75) is 0 Å². The quantitative estimate of drug-likeness (QED) is 0.105. The zero-order valence-corrected chi connectivity index (χ0v) is 24.1. The molecule has 2 aliphatic heterocycles. The maximum atomic E-state index is 10.9. The van der Waals surface area contributed by atoms with Gasteiger partial charge in [-0.3, -0.25) is 0 Å². The molecule has 10 nitrogen and oxygen atoms in total. The SMILES string of the molecule is Oc1ccc2c3nc4nc(nc5[nH]c(nc6nc(nc([nH]3)c2c1O)-c1ccccc1-6)c1ccccc51)-c1ccccc1-4.[Au+]. The molecule has 0 fully saturated rings. The van der Waals surface area contributed by atoms with Gasteiger partial charge in [0.1, 0.15) is 22.6 Å². The molecule has 0 aliphatic carbocycles. The van der Waals surface area contributed by atoms with E-state index in [9.17, 15) is 10.2 Å². The maximum absolute atomic E-state index is 10.9. The first-order chi connectivity index (χ1) is 20.6. The Morgan fingerprint density at radius 3 is 1.30 bits per heavy atom. The summed E-state index contributed by atoms with van der Waals surface area (Å²) in [4.78, 5) is 36.0. The third kappa shape index (κ3) is 3.71. The van der Waals surface area contributed by atoms with Crippen molar-refractivity contribution in [3.8, 4) is 57.1 Å². The van der Waals surface area contributed by atoms with Crippen LogP contribution in [0.1, 0.15) is 0 Å². The number of fused-ring (bicyclic) bond motifs is 20. The van der Waals surface area contributed by atoms with Crippen molar-refractivity contribution in [2.24, 2.45) is 0 Å². The Morgan fingerprint density at radius 2 is 0.814 bits per heavy atom. The second kappa shape index (κ2) is 9.30. The number of nitrogens with zero attached hydrogens (tertiary/aromatic N) is 6. The molecule has 208 valence electrons. The molecule has 7 aromatic rings. The number of nitrogens with one attached hydrogen (secondary N) is 2. The summed E-state index contributed by atoms with van der Waals surface area (Å²) in [5.41, 5.74) is 5.23. The van der Waals surface area contributed by atoms with Gasteiger partial charge in [0.15, 0.2) is 34.8 Å². The molecule has 0 spiro atoms. The number of rotatable bonds is 0. The van der Waals surface area contributed by atoms with E-state index in [1.54, 1.807) is 6.07 Å². The van der Waals surface area contributed by atoms with Crippen molar-refractivity contribution < 1.29 is 32.6 Å². The first kappa shape index (κ1) is 25.3. The van der Waals surface area contributed by atoms with Crippen LogP contribution in [0.3, 0.4) is 0 Å². The average molecular weight is 744 g/mol. The van der Waals surface area contributed by atoms with E-state index in [4.69, 9.17) is 29.9 Å². The second-order valence-electron chi connectivity index (χ2n) is 10.1. The van der Waals surface area contributed by atoms with Gasteiger partial charge in [0.25, 0.3) is 0 Å². The van der Waals surface area contributed by atoms with Gasteiger partial charge in [-0.05, 0) is 12.1 Å². The Morgan fingerprint density at radius 1 is 0.419 bits per heavy atom. The third-order valence-electron chi connectivity index (χ3n) is 7.67. The van der Waals surface area contributed by atoms with Crippen LogP contribution in [0.2, 0.25) is 0 Å². The van der Waals surface area contributed by atoms with Crippen LogP contribution < -0.4 is 0 Å². The first-order valence-corrected chi connectivity index (χ1v) is 13.3. The van der Waals surface area contributed by atoms with Crippen molar-refractivity contribution in [2.75, 3.05) is 0 Å². The predicted molar refractivity (Wildman–Crippen MR) is 159 cm³/mol. The normalized spacial score (nSPS) is 11.7. The molecule has 5 heterocycles. The van der Waals surface area contributed by atoms with Crippen LogP contribution in [0.25, 0.3) is 89.7 Å². The molecular formula is C32H18AuN8O2+. The molecule has 9 rings (SSSR count). The maximum Gasteiger partial charge on any atom is 1.00 e. The molecule has 43 heavy (non-hydrogen) atoms. The van der Waals surface area contributed by atoms with Crippen LogP contribution in [0, 0.1) is 0 Å². The number of hydrogen-bond donors (Lipinski definition) is 4. The minimum atomic E-state index is -0.302. The Balaban J connectivity index is 0.00000278. The van der Waals surface area contributed by atoms with E-state index in [1.807, 2.05) is 72.8 Å². The third-order valence-corrected chi connectivity index (χ3v) is 7.67. The van der Waals surface area contributed by atoms with Crippen molar-refractivity contribution in [1.29, 1.82) is 0 Å². The Bertz CT molecular complexity index is 2460. The largest absolute Gasteiger partial charge is 1.00 e. The van der Waals surface area contributed by atoms with Crippen LogP contribution in [-0.2, 0) is 22.4 Å². The summed E-state index contributed by atoms with van der Waals surface area (Å²) in [6.45, 7) is 0. The Labute approximate surface area is 257 Å². The minimum Gasteiger partial charge on any atom is -0.504 e. The summed E-state index contributed by atoms with van der Waals surface area (Å²) in [6.07, 6.45) is 0. The zero-order chi connectivity index (χ0) is 27.9. The number of H-pyrrole nitrogens is 2. The van der Waals surface area contributed by atoms with E-state index in [1.165, 1.54) is 6.07 Å². The second-order valence-corrected chi connectivity index (χ2v) is 10.1. The van der Waals surface area contributed by atoms with E-state index >= 15 is 0 Å². The molecule has 8 bridgehead atoms. The summed E-state index contributed by atoms with van der Waals surface area (Å²) < 4.78 is 0. The zero-order valence-electron chi connectivity index (χ0n) is 22.0. The van der Waals surface area contributed by atoms with E-state index < -0.39 is 0 Å². The van der Waals surface area contributed by atoms with Crippen LogP contribution >= 0.6 is 0 Å². The summed E-state index contributed by atoms with van der Waals surface area (Å²) >= 11 is 0. The van der Waals surface area contributed by atoms with Crippen molar-refractivity contribution in [1.82, 2.24) is 39.9 Å². The number of aromatic nitrogens is 8. The van der Waals surface area contributed by atoms with Gasteiger partial charge < -0.3 is 20.2 Å². The number of aromatic hydroxyl groups is 2. The molecule has 4 N–H and O–H groups in total. The van der Waals surface area contributed by atoms with Crippen LogP contribution in [0.15, 0.2) is 84.9 Å². The standard InChI is InChI=1S/C32H18N8O2.Au/c41-22-14-13-21-23(24(22)42)32-39-30-20-12-6-5-11-19(20)28(37-30)35-26-16-8-2-1-7-15(16)25(33-26)34-27-17-9-3-4-10-18(17)29(36-27)38-31(21)40-32;/h1-14,41-42H,(H2,33,34,35,36,37,38,39,40);/q;+1. The molecule has 4 aromatic carbocycles. The van der Waals surface area contributed by atoms with Gasteiger partial charge >= 0.3 is 22.4 Å². The summed E-state index contributed by atoms with van der Waals surface area (Å²) in [6, 6.07) is 26.5. The van der Waals surface area contributed by atoms with E-state index in [2.05, 4.69) is 9.97 Å². The molecule has 11 heteroatoms. The fraction of sp³-hybridized carbons (Fsp3) is 0. The van der Waals surface area contributed by atoms with Gasteiger partial charge in [-0.2, -0.15) is 0 Å².